The second kappa shape index (κ2) is 7.19. The van der Waals surface area contributed by atoms with Gasteiger partial charge in [0, 0.05) is 16.5 Å². The van der Waals surface area contributed by atoms with Crippen molar-refractivity contribution in [2.24, 2.45) is 0 Å². The Hall–Kier alpha value is -1.49. The molecular formula is C14H15BrO4. The van der Waals surface area contributed by atoms with Gasteiger partial charge in [-0.3, -0.25) is 14.4 Å². The summed E-state index contributed by atoms with van der Waals surface area (Å²) in [7, 11) is 1.25. The van der Waals surface area contributed by atoms with Crippen LogP contribution in [0.15, 0.2) is 22.7 Å². The van der Waals surface area contributed by atoms with Gasteiger partial charge in [0.25, 0.3) is 0 Å². The number of hydrogen-bond acceptors (Lipinski definition) is 4. The van der Waals surface area contributed by atoms with Crippen molar-refractivity contribution >= 4 is 33.5 Å². The van der Waals surface area contributed by atoms with E-state index in [4.69, 9.17) is 0 Å². The van der Waals surface area contributed by atoms with Crippen LogP contribution in [0.4, 0.5) is 0 Å². The molecule has 0 aliphatic rings. The van der Waals surface area contributed by atoms with Gasteiger partial charge < -0.3 is 4.74 Å². The molecule has 5 heteroatoms. The van der Waals surface area contributed by atoms with E-state index in [0.29, 0.717) is 12.0 Å². The van der Waals surface area contributed by atoms with Crippen LogP contribution in [0.2, 0.25) is 0 Å². The highest BCUT2D eigenvalue weighted by Gasteiger charge is 2.11. The first-order valence-electron chi connectivity index (χ1n) is 5.82. The number of aryl methyl sites for hydroxylation is 1. The number of benzene rings is 1. The second-order valence-electron chi connectivity index (χ2n) is 4.15. The van der Waals surface area contributed by atoms with Gasteiger partial charge in [-0.05, 0) is 31.0 Å². The fourth-order valence-corrected chi connectivity index (χ4v) is 2.03. The van der Waals surface area contributed by atoms with Gasteiger partial charge in [0.05, 0.1) is 7.11 Å². The lowest BCUT2D eigenvalue weighted by atomic mass is 10.0. The average molecular weight is 327 g/mol. The standard InChI is InChI=1S/C14H15BrO4/c1-9(16)10-4-6-13(15)11(7-10)3-5-12(17)8-14(18)19-2/h4,6-7H,3,5,8H2,1-2H3. The first-order valence-corrected chi connectivity index (χ1v) is 6.61. The number of hydrogen-bond donors (Lipinski definition) is 0. The molecule has 19 heavy (non-hydrogen) atoms. The third kappa shape index (κ3) is 4.95. The predicted molar refractivity (Wildman–Crippen MR) is 74.1 cm³/mol. The molecule has 102 valence electrons. The lowest BCUT2D eigenvalue weighted by molar-refractivity contribution is -0.143. The van der Waals surface area contributed by atoms with Crippen LogP contribution in [0.5, 0.6) is 0 Å². The molecule has 0 saturated heterocycles. The molecule has 0 aromatic heterocycles. The molecule has 0 spiro atoms. The molecular weight excluding hydrogens is 312 g/mol. The first kappa shape index (κ1) is 15.6. The van der Waals surface area contributed by atoms with E-state index in [1.165, 1.54) is 14.0 Å². The third-order valence-corrected chi connectivity index (χ3v) is 3.47. The summed E-state index contributed by atoms with van der Waals surface area (Å²) in [5, 5.41) is 0. The SMILES string of the molecule is COC(=O)CC(=O)CCc1cc(C(C)=O)ccc1Br. The van der Waals surface area contributed by atoms with Gasteiger partial charge in [-0.15, -0.1) is 0 Å². The Kier molecular flexibility index (Phi) is 5.89. The molecule has 1 aromatic rings. The summed E-state index contributed by atoms with van der Waals surface area (Å²) in [4.78, 5) is 33.8. The third-order valence-electron chi connectivity index (χ3n) is 2.69. The Balaban J connectivity index is 2.67. The van der Waals surface area contributed by atoms with E-state index < -0.39 is 5.97 Å². The molecule has 4 nitrogen and oxygen atoms in total. The van der Waals surface area contributed by atoms with Crippen molar-refractivity contribution in [3.05, 3.63) is 33.8 Å². The van der Waals surface area contributed by atoms with Gasteiger partial charge in [-0.25, -0.2) is 0 Å². The van der Waals surface area contributed by atoms with Crippen molar-refractivity contribution in [3.63, 3.8) is 0 Å². The summed E-state index contributed by atoms with van der Waals surface area (Å²) in [6, 6.07) is 5.28. The predicted octanol–water partition coefficient (Wildman–Crippen LogP) is 2.72. The molecule has 0 amide bonds. The molecule has 0 aliphatic heterocycles. The van der Waals surface area contributed by atoms with Crippen LogP contribution < -0.4 is 0 Å². The van der Waals surface area contributed by atoms with E-state index in [-0.39, 0.29) is 24.4 Å². The number of carbonyl (C=O) groups excluding carboxylic acids is 3. The molecule has 0 radical (unpaired) electrons. The fraction of sp³-hybridized carbons (Fsp3) is 0.357. The summed E-state index contributed by atoms with van der Waals surface area (Å²) >= 11 is 3.38. The summed E-state index contributed by atoms with van der Waals surface area (Å²) in [6.45, 7) is 1.50. The minimum absolute atomic E-state index is 0.0189. The molecule has 0 N–H and O–H groups in total. The van der Waals surface area contributed by atoms with E-state index in [1.807, 2.05) is 0 Å². The second-order valence-corrected chi connectivity index (χ2v) is 5.01. The highest BCUT2D eigenvalue weighted by molar-refractivity contribution is 9.10. The van der Waals surface area contributed by atoms with Gasteiger partial charge in [-0.1, -0.05) is 22.0 Å². The van der Waals surface area contributed by atoms with E-state index >= 15 is 0 Å². The number of esters is 1. The summed E-state index contributed by atoms with van der Waals surface area (Å²) in [5.41, 5.74) is 1.49. The number of rotatable bonds is 6. The van der Waals surface area contributed by atoms with Crippen LogP contribution in [0.25, 0.3) is 0 Å². The lowest BCUT2D eigenvalue weighted by Gasteiger charge is -2.06. The average Bonchev–Trinajstić information content (AvgIpc) is 2.37. The molecule has 0 saturated carbocycles. The van der Waals surface area contributed by atoms with Crippen molar-refractivity contribution in [1.29, 1.82) is 0 Å². The molecule has 0 atom stereocenters. The van der Waals surface area contributed by atoms with Gasteiger partial charge in [0.15, 0.2) is 5.78 Å². The van der Waals surface area contributed by atoms with Crippen LogP contribution in [0.3, 0.4) is 0 Å². The maximum Gasteiger partial charge on any atom is 0.313 e. The van der Waals surface area contributed by atoms with Gasteiger partial charge in [0.2, 0.25) is 0 Å². The zero-order valence-electron chi connectivity index (χ0n) is 10.9. The normalized spacial score (nSPS) is 10.1. The van der Waals surface area contributed by atoms with Crippen molar-refractivity contribution < 1.29 is 19.1 Å². The molecule has 0 bridgehead atoms. The topological polar surface area (TPSA) is 60.4 Å². The molecule has 0 heterocycles. The zero-order chi connectivity index (χ0) is 14.4. The number of Topliss-reactive ketones (excluding diaryl/α,β-unsaturated/α-hetero) is 2. The number of methoxy groups -OCH3 is 1. The van der Waals surface area contributed by atoms with Gasteiger partial charge in [0.1, 0.15) is 12.2 Å². The van der Waals surface area contributed by atoms with Crippen LogP contribution in [0, 0.1) is 0 Å². The maximum absolute atomic E-state index is 11.5. The lowest BCUT2D eigenvalue weighted by Crippen LogP contribution is -2.10. The van der Waals surface area contributed by atoms with E-state index in [9.17, 15) is 14.4 Å². The highest BCUT2D eigenvalue weighted by Crippen LogP contribution is 2.20. The number of carbonyl (C=O) groups is 3. The summed E-state index contributed by atoms with van der Waals surface area (Å²) < 4.78 is 5.28. The Morgan fingerprint density at radius 2 is 1.95 bits per heavy atom. The van der Waals surface area contributed by atoms with Crippen LogP contribution in [0.1, 0.15) is 35.7 Å². The number of halogens is 1. The Bertz CT molecular complexity index is 508. The minimum Gasteiger partial charge on any atom is -0.469 e. The van der Waals surface area contributed by atoms with Gasteiger partial charge >= 0.3 is 5.97 Å². The quantitative estimate of drug-likeness (QED) is 0.458. The smallest absolute Gasteiger partial charge is 0.313 e. The molecule has 0 unspecified atom stereocenters. The van der Waals surface area contributed by atoms with E-state index in [1.54, 1.807) is 18.2 Å². The van der Waals surface area contributed by atoms with Crippen molar-refractivity contribution in [1.82, 2.24) is 0 Å². The molecule has 1 aromatic carbocycles. The van der Waals surface area contributed by atoms with Crippen LogP contribution in [-0.4, -0.2) is 24.6 Å². The fourth-order valence-electron chi connectivity index (χ4n) is 1.58. The first-order chi connectivity index (χ1) is 8.93. The van der Waals surface area contributed by atoms with E-state index in [0.717, 1.165) is 10.0 Å². The van der Waals surface area contributed by atoms with Crippen molar-refractivity contribution in [3.8, 4) is 0 Å². The largest absolute Gasteiger partial charge is 0.469 e. The molecule has 0 aliphatic carbocycles. The summed E-state index contributed by atoms with van der Waals surface area (Å²) in [5.74, 6) is -0.719. The zero-order valence-corrected chi connectivity index (χ0v) is 12.5. The molecule has 0 fully saturated rings. The van der Waals surface area contributed by atoms with Crippen LogP contribution >= 0.6 is 15.9 Å². The Labute approximate surface area is 120 Å². The maximum atomic E-state index is 11.5. The van der Waals surface area contributed by atoms with Gasteiger partial charge in [-0.2, -0.15) is 0 Å². The number of ether oxygens (including phenoxy) is 1. The molecule has 1 rings (SSSR count). The summed E-state index contributed by atoms with van der Waals surface area (Å²) in [6.07, 6.45) is 0.521. The minimum atomic E-state index is -0.526. The highest BCUT2D eigenvalue weighted by atomic mass is 79.9. The monoisotopic (exact) mass is 326 g/mol. The Morgan fingerprint density at radius 3 is 2.53 bits per heavy atom. The Morgan fingerprint density at radius 1 is 1.26 bits per heavy atom. The van der Waals surface area contributed by atoms with Crippen molar-refractivity contribution in [2.45, 2.75) is 26.2 Å². The van der Waals surface area contributed by atoms with E-state index in [2.05, 4.69) is 20.7 Å². The van der Waals surface area contributed by atoms with Crippen molar-refractivity contribution in [2.75, 3.05) is 7.11 Å². The van der Waals surface area contributed by atoms with Crippen LogP contribution in [-0.2, 0) is 20.7 Å². The number of ketones is 2.